The fourth-order valence-corrected chi connectivity index (χ4v) is 4.90. The summed E-state index contributed by atoms with van der Waals surface area (Å²) >= 11 is 6.05. The van der Waals surface area contributed by atoms with Crippen LogP contribution in [0.15, 0.2) is 60.9 Å². The van der Waals surface area contributed by atoms with E-state index in [1.54, 1.807) is 17.7 Å². The molecule has 0 spiro atoms. The zero-order chi connectivity index (χ0) is 25.9. The first-order chi connectivity index (χ1) is 17.2. The maximum Gasteiger partial charge on any atom is 0.230 e. The lowest BCUT2D eigenvalue weighted by atomic mass is 10.1. The summed E-state index contributed by atoms with van der Waals surface area (Å²) in [5, 5.41) is 1.53. The van der Waals surface area contributed by atoms with E-state index in [1.807, 2.05) is 54.7 Å². The van der Waals surface area contributed by atoms with Crippen LogP contribution >= 0.6 is 11.6 Å². The second kappa shape index (κ2) is 10.9. The summed E-state index contributed by atoms with van der Waals surface area (Å²) in [6.07, 6.45) is 3.83. The zero-order valence-electron chi connectivity index (χ0n) is 21.3. The van der Waals surface area contributed by atoms with Crippen LogP contribution in [0.4, 0.5) is 0 Å². The first-order valence-electron chi connectivity index (χ1n) is 12.2. The Labute approximate surface area is 217 Å². The van der Waals surface area contributed by atoms with Gasteiger partial charge in [-0.2, -0.15) is 0 Å². The molecule has 2 aromatic heterocycles. The van der Waals surface area contributed by atoms with E-state index in [1.165, 1.54) is 0 Å². The van der Waals surface area contributed by atoms with E-state index in [-0.39, 0.29) is 24.1 Å². The van der Waals surface area contributed by atoms with Crippen LogP contribution in [0, 0.1) is 0 Å². The van der Waals surface area contributed by atoms with Crippen LogP contribution in [0.2, 0.25) is 30.7 Å². The second-order valence-electron chi connectivity index (χ2n) is 10.2. The maximum absolute atomic E-state index is 13.8. The predicted octanol–water partition coefficient (Wildman–Crippen LogP) is 6.68. The van der Waals surface area contributed by atoms with E-state index in [0.717, 1.165) is 22.5 Å². The van der Waals surface area contributed by atoms with Crippen molar-refractivity contribution in [3.8, 4) is 0 Å². The fraction of sp³-hybridized carbons (Fsp3) is 0.321. The number of aromatic nitrogens is 3. The van der Waals surface area contributed by atoms with Gasteiger partial charge in [0.2, 0.25) is 5.78 Å². The number of Topliss-reactive ketones (excluding diaryl/α,β-unsaturated/α-hetero) is 1. The van der Waals surface area contributed by atoms with Gasteiger partial charge in [0.05, 0.1) is 5.56 Å². The molecule has 0 N–H and O–H groups in total. The molecule has 2 heterocycles. The molecule has 0 aliphatic carbocycles. The third-order valence-corrected chi connectivity index (χ3v) is 8.07. The van der Waals surface area contributed by atoms with E-state index in [9.17, 15) is 9.59 Å². The first-order valence-corrected chi connectivity index (χ1v) is 16.3. The molecular formula is C28H32ClN3O3Si. The van der Waals surface area contributed by atoms with Crippen LogP contribution < -0.4 is 0 Å². The van der Waals surface area contributed by atoms with Gasteiger partial charge >= 0.3 is 0 Å². The summed E-state index contributed by atoms with van der Waals surface area (Å²) in [6.45, 7) is 10.1. The molecule has 0 bridgehead atoms. The van der Waals surface area contributed by atoms with Crippen LogP contribution in [0.1, 0.15) is 45.6 Å². The Morgan fingerprint density at radius 3 is 2.42 bits per heavy atom. The van der Waals surface area contributed by atoms with Gasteiger partial charge in [-0.1, -0.05) is 68.5 Å². The number of ether oxygens (including phenoxy) is 1. The zero-order valence-corrected chi connectivity index (χ0v) is 23.0. The predicted molar refractivity (Wildman–Crippen MR) is 147 cm³/mol. The molecule has 0 aliphatic heterocycles. The minimum absolute atomic E-state index is 0.102. The molecule has 0 unspecified atom stereocenters. The average molecular weight is 522 g/mol. The van der Waals surface area contributed by atoms with Crippen molar-refractivity contribution in [2.24, 2.45) is 0 Å². The number of para-hydroxylation sites is 1. The average Bonchev–Trinajstić information content (AvgIpc) is 3.44. The lowest BCUT2D eigenvalue weighted by molar-refractivity contribution is 0.0811. The van der Waals surface area contributed by atoms with E-state index in [0.29, 0.717) is 35.9 Å². The van der Waals surface area contributed by atoms with Crippen LogP contribution in [-0.4, -0.2) is 40.4 Å². The van der Waals surface area contributed by atoms with Gasteiger partial charge in [-0.15, -0.1) is 0 Å². The molecule has 0 amide bonds. The highest BCUT2D eigenvalue weighted by atomic mass is 35.5. The molecule has 0 saturated carbocycles. The number of carbonyl (C=O) groups is 2. The van der Waals surface area contributed by atoms with E-state index in [4.69, 9.17) is 16.3 Å². The molecule has 0 radical (unpaired) electrons. The first kappa shape index (κ1) is 26.1. The van der Waals surface area contributed by atoms with Gasteiger partial charge in [0.1, 0.15) is 12.4 Å². The molecule has 4 rings (SSSR count). The van der Waals surface area contributed by atoms with Crippen molar-refractivity contribution in [2.45, 2.75) is 52.3 Å². The van der Waals surface area contributed by atoms with Crippen molar-refractivity contribution in [2.75, 3.05) is 6.61 Å². The highest BCUT2D eigenvalue weighted by molar-refractivity contribution is 6.76. The van der Waals surface area contributed by atoms with E-state index < -0.39 is 8.07 Å². The summed E-state index contributed by atoms with van der Waals surface area (Å²) in [5.41, 5.74) is 2.86. The quantitative estimate of drug-likeness (QED) is 0.125. The molecule has 0 atom stereocenters. The minimum atomic E-state index is -1.25. The number of rotatable bonds is 11. The number of hydrogen-bond donors (Lipinski definition) is 0. The number of hydrogen-bond acceptors (Lipinski definition) is 4. The molecule has 2 aromatic carbocycles. The van der Waals surface area contributed by atoms with Crippen molar-refractivity contribution in [1.29, 1.82) is 0 Å². The van der Waals surface area contributed by atoms with Gasteiger partial charge in [0.15, 0.2) is 11.6 Å². The van der Waals surface area contributed by atoms with E-state index >= 15 is 0 Å². The molecule has 4 aromatic rings. The van der Waals surface area contributed by atoms with Crippen LogP contribution in [0.5, 0.6) is 0 Å². The topological polar surface area (TPSA) is 66.1 Å². The molecule has 6 nitrogen and oxygen atoms in total. The number of nitrogens with zero attached hydrogens (tertiary/aromatic N) is 3. The van der Waals surface area contributed by atoms with Crippen molar-refractivity contribution in [3.63, 3.8) is 0 Å². The summed E-state index contributed by atoms with van der Waals surface area (Å²) in [5.74, 6) is -0.116. The number of imidazole rings is 1. The smallest absolute Gasteiger partial charge is 0.230 e. The third kappa shape index (κ3) is 6.03. The van der Waals surface area contributed by atoms with Crippen molar-refractivity contribution in [1.82, 2.24) is 14.1 Å². The van der Waals surface area contributed by atoms with Crippen LogP contribution in [-0.2, 0) is 18.0 Å². The van der Waals surface area contributed by atoms with Crippen LogP contribution in [0.25, 0.3) is 10.9 Å². The minimum Gasteiger partial charge on any atom is -0.361 e. The Bertz CT molecular complexity index is 1380. The van der Waals surface area contributed by atoms with Crippen LogP contribution in [0.3, 0.4) is 0 Å². The molecule has 8 heteroatoms. The Morgan fingerprint density at radius 2 is 1.72 bits per heavy atom. The maximum atomic E-state index is 13.8. The van der Waals surface area contributed by atoms with Gasteiger partial charge < -0.3 is 13.9 Å². The van der Waals surface area contributed by atoms with Gasteiger partial charge in [-0.25, -0.2) is 4.98 Å². The van der Waals surface area contributed by atoms with Gasteiger partial charge in [0.25, 0.3) is 0 Å². The molecule has 36 heavy (non-hydrogen) atoms. The highest BCUT2D eigenvalue weighted by Gasteiger charge is 2.24. The molecule has 188 valence electrons. The standard InChI is InChI=1S/C28H32ClN3O3Si/c1-5-26(33)24-18-32(19-35-14-15-36(2,3)4)28(30-24)27(34)23-17-31(25-9-7-6-8-22(23)25)16-20-10-12-21(29)13-11-20/h6-13,17-18H,5,14-16,19H2,1-4H3. The van der Waals surface area contributed by atoms with Crippen molar-refractivity contribution in [3.05, 3.63) is 88.6 Å². The number of carbonyl (C=O) groups excluding carboxylic acids is 2. The second-order valence-corrected chi connectivity index (χ2v) is 16.2. The number of benzene rings is 2. The third-order valence-electron chi connectivity index (χ3n) is 6.11. The Balaban J connectivity index is 1.68. The largest absolute Gasteiger partial charge is 0.361 e. The SMILES string of the molecule is CCC(=O)c1cn(COCC[Si](C)(C)C)c(C(=O)c2cn(Cc3ccc(Cl)cc3)c3ccccc23)n1. The Kier molecular flexibility index (Phi) is 7.93. The Hall–Kier alpha value is -3.00. The van der Waals surface area contributed by atoms with Gasteiger partial charge in [-0.05, 0) is 29.8 Å². The fourth-order valence-electron chi connectivity index (χ4n) is 4.02. The monoisotopic (exact) mass is 521 g/mol. The number of ketones is 2. The summed E-state index contributed by atoms with van der Waals surface area (Å²) in [4.78, 5) is 30.7. The molecular weight excluding hydrogens is 490 g/mol. The lowest BCUT2D eigenvalue weighted by Gasteiger charge is -2.15. The van der Waals surface area contributed by atoms with Crippen molar-refractivity contribution < 1.29 is 14.3 Å². The van der Waals surface area contributed by atoms with Crippen molar-refractivity contribution >= 4 is 42.1 Å². The number of halogens is 1. The molecule has 0 saturated heterocycles. The summed E-state index contributed by atoms with van der Waals surface area (Å²) in [7, 11) is -1.25. The van der Waals surface area contributed by atoms with Gasteiger partial charge in [0, 0.05) is 56.0 Å². The van der Waals surface area contributed by atoms with Gasteiger partial charge in [-0.3, -0.25) is 9.59 Å². The Morgan fingerprint density at radius 1 is 1.00 bits per heavy atom. The van der Waals surface area contributed by atoms with E-state index in [2.05, 4.69) is 29.2 Å². The number of fused-ring (bicyclic) bond motifs is 1. The molecule has 0 fully saturated rings. The summed E-state index contributed by atoms with van der Waals surface area (Å²) < 4.78 is 9.63. The lowest BCUT2D eigenvalue weighted by Crippen LogP contribution is -2.22. The highest BCUT2D eigenvalue weighted by Crippen LogP contribution is 2.25. The normalized spacial score (nSPS) is 11.8. The molecule has 0 aliphatic rings. The summed E-state index contributed by atoms with van der Waals surface area (Å²) in [6, 6.07) is 16.5.